The average Bonchev–Trinajstić information content (AvgIpc) is 2.38. The number of aliphatic carboxylic acids is 1. The smallest absolute Gasteiger partial charge is 0.311 e. The van der Waals surface area contributed by atoms with Crippen molar-refractivity contribution in [3.8, 4) is 0 Å². The van der Waals surface area contributed by atoms with Crippen LogP contribution in [0, 0.1) is 5.92 Å². The molecule has 1 saturated carbocycles. The first kappa shape index (κ1) is 13.0. The molecule has 19 heavy (non-hydrogen) atoms. The molecular weight excluding hydrogens is 306 g/mol. The summed E-state index contributed by atoms with van der Waals surface area (Å²) in [6.45, 7) is 0. The number of rotatable bonds is 1. The van der Waals surface area contributed by atoms with Crippen LogP contribution in [-0.4, -0.2) is 24.2 Å². The van der Waals surface area contributed by atoms with Gasteiger partial charge in [0.05, 0.1) is 11.6 Å². The van der Waals surface area contributed by atoms with Crippen LogP contribution in [0.3, 0.4) is 0 Å². The minimum absolute atomic E-state index is 0.248. The number of para-hydroxylation sites is 1. The first-order valence-corrected chi connectivity index (χ1v) is 7.64. The van der Waals surface area contributed by atoms with Gasteiger partial charge in [-0.05, 0) is 46.3 Å². The maximum atomic E-state index is 11.8. The summed E-state index contributed by atoms with van der Waals surface area (Å²) in [6, 6.07) is 6.27. The van der Waals surface area contributed by atoms with Crippen molar-refractivity contribution in [1.29, 1.82) is 0 Å². The lowest BCUT2D eigenvalue weighted by molar-refractivity contribution is -0.141. The Labute approximate surface area is 121 Å². The van der Waals surface area contributed by atoms with Crippen LogP contribution < -0.4 is 4.90 Å². The van der Waals surface area contributed by atoms with Crippen molar-refractivity contribution in [1.82, 2.24) is 0 Å². The van der Waals surface area contributed by atoms with Crippen molar-refractivity contribution in [2.75, 3.05) is 11.9 Å². The molecule has 1 N–H and O–H groups in total. The largest absolute Gasteiger partial charge is 0.481 e. The summed E-state index contributed by atoms with van der Waals surface area (Å²) in [4.78, 5) is 14.1. The van der Waals surface area contributed by atoms with Gasteiger partial charge < -0.3 is 10.0 Å². The average molecular weight is 324 g/mol. The monoisotopic (exact) mass is 323 g/mol. The van der Waals surface area contributed by atoms with Gasteiger partial charge in [-0.1, -0.05) is 25.0 Å². The molecule has 0 aromatic heterocycles. The number of anilines is 1. The predicted molar refractivity (Wildman–Crippen MR) is 78.7 cm³/mol. The fourth-order valence-electron chi connectivity index (χ4n) is 3.88. The Hall–Kier alpha value is -1.03. The molecular formula is C15H18BrNO2. The molecule has 0 spiro atoms. The van der Waals surface area contributed by atoms with Crippen molar-refractivity contribution in [3.05, 3.63) is 28.2 Å². The van der Waals surface area contributed by atoms with Crippen molar-refractivity contribution >= 4 is 27.6 Å². The third-order valence-electron chi connectivity index (χ3n) is 4.68. The van der Waals surface area contributed by atoms with Crippen LogP contribution in [0.4, 0.5) is 5.69 Å². The van der Waals surface area contributed by atoms with Crippen LogP contribution in [0.15, 0.2) is 22.7 Å². The number of benzene rings is 1. The number of carboxylic acid groups (broad SMARTS) is 1. The molecule has 2 aliphatic rings. The summed E-state index contributed by atoms with van der Waals surface area (Å²) in [5.74, 6) is -0.781. The highest BCUT2D eigenvalue weighted by Gasteiger charge is 2.44. The zero-order chi connectivity index (χ0) is 13.6. The summed E-state index contributed by atoms with van der Waals surface area (Å²) in [5.41, 5.74) is 2.03. The van der Waals surface area contributed by atoms with Gasteiger partial charge >= 0.3 is 5.97 Å². The SMILES string of the molecule is CN1c2c(Br)cccc2C(C(=O)O)C2CCCCC21. The second-order valence-corrected chi connectivity index (χ2v) is 6.47. The fraction of sp³-hybridized carbons (Fsp3) is 0.533. The highest BCUT2D eigenvalue weighted by atomic mass is 79.9. The summed E-state index contributed by atoms with van der Waals surface area (Å²) in [6.07, 6.45) is 4.49. The maximum absolute atomic E-state index is 11.8. The summed E-state index contributed by atoms with van der Waals surface area (Å²) >= 11 is 3.58. The van der Waals surface area contributed by atoms with E-state index in [2.05, 4.69) is 27.9 Å². The zero-order valence-corrected chi connectivity index (χ0v) is 12.6. The molecule has 1 aromatic rings. The van der Waals surface area contributed by atoms with Gasteiger partial charge in [0.15, 0.2) is 0 Å². The van der Waals surface area contributed by atoms with Crippen molar-refractivity contribution in [2.45, 2.75) is 37.6 Å². The van der Waals surface area contributed by atoms with Crippen molar-refractivity contribution in [3.63, 3.8) is 0 Å². The Morgan fingerprint density at radius 2 is 2.11 bits per heavy atom. The minimum atomic E-state index is -0.677. The summed E-state index contributed by atoms with van der Waals surface area (Å²) in [5, 5.41) is 9.67. The van der Waals surface area contributed by atoms with E-state index in [-0.39, 0.29) is 11.8 Å². The first-order valence-electron chi connectivity index (χ1n) is 6.85. The standard InChI is InChI=1S/C15H18BrNO2/c1-17-12-8-3-2-5-9(12)13(15(18)19)10-6-4-7-11(16)14(10)17/h4,6-7,9,12-13H,2-3,5,8H2,1H3,(H,18,19). The minimum Gasteiger partial charge on any atom is -0.481 e. The van der Waals surface area contributed by atoms with Crippen molar-refractivity contribution in [2.24, 2.45) is 5.92 Å². The number of nitrogens with zero attached hydrogens (tertiary/aromatic N) is 1. The van der Waals surface area contributed by atoms with Gasteiger partial charge in [0.1, 0.15) is 0 Å². The molecule has 1 aliphatic carbocycles. The molecule has 0 amide bonds. The lowest BCUT2D eigenvalue weighted by Crippen LogP contribution is -2.48. The van der Waals surface area contributed by atoms with E-state index in [9.17, 15) is 9.90 Å². The molecule has 3 rings (SSSR count). The van der Waals surface area contributed by atoms with E-state index < -0.39 is 5.97 Å². The van der Waals surface area contributed by atoms with E-state index in [1.165, 1.54) is 6.42 Å². The second kappa shape index (κ2) is 4.82. The number of carbonyl (C=O) groups is 1. The van der Waals surface area contributed by atoms with E-state index in [1.807, 2.05) is 18.2 Å². The zero-order valence-electron chi connectivity index (χ0n) is 11.0. The van der Waals surface area contributed by atoms with Gasteiger partial charge in [-0.25, -0.2) is 0 Å². The molecule has 0 saturated heterocycles. The Bertz CT molecular complexity index is 517. The molecule has 1 fully saturated rings. The Morgan fingerprint density at radius 1 is 1.37 bits per heavy atom. The number of halogens is 1. The third-order valence-corrected chi connectivity index (χ3v) is 5.32. The molecule has 3 atom stereocenters. The van der Waals surface area contributed by atoms with E-state index in [4.69, 9.17) is 0 Å². The molecule has 4 heteroatoms. The second-order valence-electron chi connectivity index (χ2n) is 5.62. The number of carboxylic acids is 1. The lowest BCUT2D eigenvalue weighted by atomic mass is 9.70. The van der Waals surface area contributed by atoms with Crippen LogP contribution in [-0.2, 0) is 4.79 Å². The van der Waals surface area contributed by atoms with E-state index in [1.54, 1.807) is 0 Å². The van der Waals surface area contributed by atoms with E-state index in [0.717, 1.165) is 35.0 Å². The first-order chi connectivity index (χ1) is 9.11. The molecule has 0 radical (unpaired) electrons. The van der Waals surface area contributed by atoms with E-state index >= 15 is 0 Å². The van der Waals surface area contributed by atoms with Gasteiger partial charge in [-0.3, -0.25) is 4.79 Å². The highest BCUT2D eigenvalue weighted by Crippen LogP contribution is 2.49. The van der Waals surface area contributed by atoms with Crippen molar-refractivity contribution < 1.29 is 9.90 Å². The van der Waals surface area contributed by atoms with Gasteiger partial charge in [0, 0.05) is 17.6 Å². The van der Waals surface area contributed by atoms with Crippen LogP contribution in [0.25, 0.3) is 0 Å². The van der Waals surface area contributed by atoms with Gasteiger partial charge in [-0.2, -0.15) is 0 Å². The summed E-state index contributed by atoms with van der Waals surface area (Å²) in [7, 11) is 2.10. The van der Waals surface area contributed by atoms with Gasteiger partial charge in [0.2, 0.25) is 0 Å². The maximum Gasteiger partial charge on any atom is 0.311 e. The third kappa shape index (κ3) is 1.97. The lowest BCUT2D eigenvalue weighted by Gasteiger charge is -2.47. The normalized spacial score (nSPS) is 29.6. The van der Waals surface area contributed by atoms with Crippen LogP contribution in [0.1, 0.15) is 37.2 Å². The quantitative estimate of drug-likeness (QED) is 0.858. The highest BCUT2D eigenvalue weighted by molar-refractivity contribution is 9.10. The topological polar surface area (TPSA) is 40.5 Å². The molecule has 3 unspecified atom stereocenters. The van der Waals surface area contributed by atoms with Gasteiger partial charge in [0.25, 0.3) is 0 Å². The summed E-state index contributed by atoms with van der Waals surface area (Å²) < 4.78 is 1.00. The molecule has 1 heterocycles. The Balaban J connectivity index is 2.16. The molecule has 3 nitrogen and oxygen atoms in total. The number of fused-ring (bicyclic) bond motifs is 2. The Kier molecular flexibility index (Phi) is 3.29. The van der Waals surface area contributed by atoms with Crippen LogP contribution in [0.2, 0.25) is 0 Å². The Morgan fingerprint density at radius 3 is 2.84 bits per heavy atom. The molecule has 102 valence electrons. The predicted octanol–water partition coefficient (Wildman–Crippen LogP) is 3.63. The van der Waals surface area contributed by atoms with Gasteiger partial charge in [-0.15, -0.1) is 0 Å². The number of hydrogen-bond acceptors (Lipinski definition) is 2. The number of hydrogen-bond donors (Lipinski definition) is 1. The molecule has 1 aliphatic heterocycles. The molecule has 0 bridgehead atoms. The van der Waals surface area contributed by atoms with E-state index in [0.29, 0.717) is 6.04 Å². The van der Waals surface area contributed by atoms with Crippen LogP contribution in [0.5, 0.6) is 0 Å². The van der Waals surface area contributed by atoms with Crippen LogP contribution >= 0.6 is 15.9 Å². The molecule has 1 aromatic carbocycles. The fourth-order valence-corrected chi connectivity index (χ4v) is 4.54.